The Labute approximate surface area is 234 Å². The summed E-state index contributed by atoms with van der Waals surface area (Å²) < 4.78 is 28.6. The summed E-state index contributed by atoms with van der Waals surface area (Å²) in [6, 6.07) is 19.0. The van der Waals surface area contributed by atoms with E-state index in [1.54, 1.807) is 74.5 Å². The zero-order chi connectivity index (χ0) is 27.9. The van der Waals surface area contributed by atoms with Gasteiger partial charge in [-0.05, 0) is 62.2 Å². The highest BCUT2D eigenvalue weighted by Crippen LogP contribution is 2.26. The Hall–Kier alpha value is -3.07. The van der Waals surface area contributed by atoms with Gasteiger partial charge in [0, 0.05) is 13.1 Å². The second kappa shape index (κ2) is 13.1. The molecule has 0 saturated carbocycles. The molecule has 3 aromatic carbocycles. The summed E-state index contributed by atoms with van der Waals surface area (Å²) in [6.07, 6.45) is 0.328. The van der Waals surface area contributed by atoms with Gasteiger partial charge in [-0.15, -0.1) is 0 Å². The number of nitrogens with zero attached hydrogens (tertiary/aromatic N) is 2. The van der Waals surface area contributed by atoms with Gasteiger partial charge in [0.2, 0.25) is 11.8 Å². The van der Waals surface area contributed by atoms with E-state index in [1.165, 1.54) is 17.0 Å². The van der Waals surface area contributed by atoms with Crippen molar-refractivity contribution in [1.29, 1.82) is 0 Å². The molecular weight excluding hydrogens is 545 g/mol. The van der Waals surface area contributed by atoms with E-state index < -0.39 is 28.5 Å². The van der Waals surface area contributed by atoms with Gasteiger partial charge in [-0.1, -0.05) is 72.1 Å². The summed E-state index contributed by atoms with van der Waals surface area (Å²) in [4.78, 5) is 28.3. The molecule has 0 radical (unpaired) electrons. The number of carbonyl (C=O) groups is 2. The van der Waals surface area contributed by atoms with E-state index in [4.69, 9.17) is 23.2 Å². The van der Waals surface area contributed by atoms with E-state index in [0.29, 0.717) is 34.3 Å². The fourth-order valence-electron chi connectivity index (χ4n) is 4.01. The summed E-state index contributed by atoms with van der Waals surface area (Å²) in [5.74, 6) is -0.857. The van der Waals surface area contributed by atoms with Gasteiger partial charge < -0.3 is 10.2 Å². The van der Waals surface area contributed by atoms with Crippen LogP contribution in [-0.4, -0.2) is 44.3 Å². The molecule has 10 heteroatoms. The fraction of sp³-hybridized carbons (Fsp3) is 0.286. The van der Waals surface area contributed by atoms with Crippen LogP contribution in [0.3, 0.4) is 0 Å². The molecule has 0 spiro atoms. The molecule has 38 heavy (non-hydrogen) atoms. The normalized spacial score (nSPS) is 12.0. The molecule has 0 aliphatic carbocycles. The minimum absolute atomic E-state index is 0.0403. The molecule has 0 aliphatic heterocycles. The van der Waals surface area contributed by atoms with Crippen molar-refractivity contribution in [2.45, 2.75) is 44.7 Å². The predicted molar refractivity (Wildman–Crippen MR) is 152 cm³/mol. The average molecular weight is 577 g/mol. The molecule has 2 amide bonds. The Bertz CT molecular complexity index is 1370. The van der Waals surface area contributed by atoms with Crippen LogP contribution in [0.5, 0.6) is 0 Å². The summed E-state index contributed by atoms with van der Waals surface area (Å²) in [7, 11) is -4.10. The lowest BCUT2D eigenvalue weighted by Gasteiger charge is -2.33. The minimum Gasteiger partial charge on any atom is -0.355 e. The highest BCUT2D eigenvalue weighted by Gasteiger charge is 2.33. The molecule has 1 N–H and O–H groups in total. The number of likely N-dealkylation sites (N-methyl/N-ethyl adjacent to an activating group) is 1. The SMILES string of the molecule is CCNC(=O)C(CC)N(Cc1ccc(Cl)c(Cl)c1)C(=O)CN(c1ccccc1)S(=O)(=O)c1ccc(C)cc1. The number of sulfonamides is 1. The Morgan fingerprint density at radius 3 is 2.16 bits per heavy atom. The molecule has 7 nitrogen and oxygen atoms in total. The van der Waals surface area contributed by atoms with Crippen LogP contribution in [0.25, 0.3) is 0 Å². The number of benzene rings is 3. The number of aryl methyl sites for hydroxylation is 1. The van der Waals surface area contributed by atoms with Crippen molar-refractivity contribution < 1.29 is 18.0 Å². The van der Waals surface area contributed by atoms with Gasteiger partial charge in [0.25, 0.3) is 10.0 Å². The molecule has 0 fully saturated rings. The first kappa shape index (κ1) is 29.5. The van der Waals surface area contributed by atoms with Crippen molar-refractivity contribution in [2.75, 3.05) is 17.4 Å². The maximum Gasteiger partial charge on any atom is 0.264 e. The largest absolute Gasteiger partial charge is 0.355 e. The molecule has 0 aliphatic rings. The van der Waals surface area contributed by atoms with E-state index >= 15 is 0 Å². The molecule has 0 heterocycles. The summed E-state index contributed by atoms with van der Waals surface area (Å²) in [6.45, 7) is 5.38. The van der Waals surface area contributed by atoms with Crippen molar-refractivity contribution in [2.24, 2.45) is 0 Å². The Morgan fingerprint density at radius 1 is 0.921 bits per heavy atom. The molecular formula is C28H31Cl2N3O4S. The van der Waals surface area contributed by atoms with Crippen molar-refractivity contribution in [1.82, 2.24) is 10.2 Å². The number of carbonyl (C=O) groups excluding carboxylic acids is 2. The highest BCUT2D eigenvalue weighted by atomic mass is 35.5. The Balaban J connectivity index is 2.04. The maximum atomic E-state index is 13.9. The molecule has 1 atom stereocenters. The standard InChI is InChI=1S/C28H31Cl2N3O4S/c1-4-26(28(35)31-5-2)32(18-21-13-16-24(29)25(30)17-21)27(34)19-33(22-9-7-6-8-10-22)38(36,37)23-14-11-20(3)12-15-23/h6-17,26H,4-5,18-19H2,1-3H3,(H,31,35). The van der Waals surface area contributed by atoms with Gasteiger partial charge in [0.15, 0.2) is 0 Å². The fourth-order valence-corrected chi connectivity index (χ4v) is 5.74. The number of amides is 2. The third kappa shape index (κ3) is 7.07. The third-order valence-corrected chi connectivity index (χ3v) is 8.53. The lowest BCUT2D eigenvalue weighted by Crippen LogP contribution is -2.52. The van der Waals surface area contributed by atoms with E-state index in [1.807, 2.05) is 6.92 Å². The first-order valence-corrected chi connectivity index (χ1v) is 14.4. The number of hydrogen-bond acceptors (Lipinski definition) is 4. The zero-order valence-corrected chi connectivity index (χ0v) is 23.9. The maximum absolute atomic E-state index is 13.9. The Morgan fingerprint density at radius 2 is 1.58 bits per heavy atom. The van der Waals surface area contributed by atoms with Gasteiger partial charge in [-0.3, -0.25) is 13.9 Å². The van der Waals surface area contributed by atoms with E-state index in [2.05, 4.69) is 5.32 Å². The van der Waals surface area contributed by atoms with Crippen LogP contribution in [-0.2, 0) is 26.2 Å². The quantitative estimate of drug-likeness (QED) is 0.330. The van der Waals surface area contributed by atoms with Gasteiger partial charge in [0.1, 0.15) is 12.6 Å². The van der Waals surface area contributed by atoms with E-state index in [9.17, 15) is 18.0 Å². The highest BCUT2D eigenvalue weighted by molar-refractivity contribution is 7.92. The molecule has 3 aromatic rings. The van der Waals surface area contributed by atoms with Gasteiger partial charge in [-0.2, -0.15) is 0 Å². The van der Waals surface area contributed by atoms with Gasteiger partial charge in [-0.25, -0.2) is 8.42 Å². The first-order valence-electron chi connectivity index (χ1n) is 12.2. The van der Waals surface area contributed by atoms with Crippen LogP contribution in [0.15, 0.2) is 77.7 Å². The molecule has 0 saturated heterocycles. The number of hydrogen-bond donors (Lipinski definition) is 1. The van der Waals surface area contributed by atoms with Crippen LogP contribution < -0.4 is 9.62 Å². The summed E-state index contributed by atoms with van der Waals surface area (Å²) in [5.41, 5.74) is 1.90. The third-order valence-electron chi connectivity index (χ3n) is 6.01. The van der Waals surface area contributed by atoms with Crippen molar-refractivity contribution in [3.05, 3.63) is 94.0 Å². The van der Waals surface area contributed by atoms with Crippen molar-refractivity contribution in [3.63, 3.8) is 0 Å². The number of nitrogens with one attached hydrogen (secondary N) is 1. The summed E-state index contributed by atoms with van der Waals surface area (Å²) in [5, 5.41) is 3.45. The average Bonchev–Trinajstić information content (AvgIpc) is 2.90. The zero-order valence-electron chi connectivity index (χ0n) is 21.5. The molecule has 3 rings (SSSR count). The molecule has 202 valence electrons. The Kier molecular flexibility index (Phi) is 10.2. The van der Waals surface area contributed by atoms with E-state index in [-0.39, 0.29) is 17.3 Å². The smallest absolute Gasteiger partial charge is 0.264 e. The van der Waals surface area contributed by atoms with Gasteiger partial charge in [0.05, 0.1) is 20.6 Å². The monoisotopic (exact) mass is 575 g/mol. The predicted octanol–water partition coefficient (Wildman–Crippen LogP) is 5.44. The molecule has 0 bridgehead atoms. The van der Waals surface area contributed by atoms with Crippen LogP contribution in [0.4, 0.5) is 5.69 Å². The second-order valence-electron chi connectivity index (χ2n) is 8.75. The van der Waals surface area contributed by atoms with Crippen LogP contribution in [0.2, 0.25) is 10.0 Å². The number of para-hydroxylation sites is 1. The number of halogens is 2. The second-order valence-corrected chi connectivity index (χ2v) is 11.4. The van der Waals surface area contributed by atoms with Crippen LogP contribution >= 0.6 is 23.2 Å². The molecule has 0 aromatic heterocycles. The number of rotatable bonds is 11. The van der Waals surface area contributed by atoms with Crippen LogP contribution in [0, 0.1) is 6.92 Å². The number of anilines is 1. The van der Waals surface area contributed by atoms with Gasteiger partial charge >= 0.3 is 0 Å². The van der Waals surface area contributed by atoms with Crippen molar-refractivity contribution in [3.8, 4) is 0 Å². The first-order chi connectivity index (χ1) is 18.1. The topological polar surface area (TPSA) is 86.8 Å². The van der Waals surface area contributed by atoms with Crippen molar-refractivity contribution >= 4 is 50.7 Å². The van der Waals surface area contributed by atoms with E-state index in [0.717, 1.165) is 9.87 Å². The summed E-state index contributed by atoms with van der Waals surface area (Å²) >= 11 is 12.3. The lowest BCUT2D eigenvalue weighted by molar-refractivity contribution is -0.140. The minimum atomic E-state index is -4.10. The lowest BCUT2D eigenvalue weighted by atomic mass is 10.1. The van der Waals surface area contributed by atoms with Crippen LogP contribution in [0.1, 0.15) is 31.4 Å². The molecule has 1 unspecified atom stereocenters.